The summed E-state index contributed by atoms with van der Waals surface area (Å²) >= 11 is 6.76. The van der Waals surface area contributed by atoms with E-state index in [4.69, 9.17) is 31.3 Å². The topological polar surface area (TPSA) is 57.2 Å². The molecule has 2 heterocycles. The second-order valence-electron chi connectivity index (χ2n) is 14.9. The molecule has 3 aliphatic rings. The van der Waals surface area contributed by atoms with Crippen LogP contribution in [0, 0.1) is 5.92 Å². The van der Waals surface area contributed by atoms with Crippen molar-refractivity contribution in [3.8, 4) is 0 Å². The van der Waals surface area contributed by atoms with E-state index in [-0.39, 0.29) is 18.4 Å². The van der Waals surface area contributed by atoms with Crippen LogP contribution in [0.3, 0.4) is 0 Å². The third-order valence-corrected chi connectivity index (χ3v) is 11.4. The summed E-state index contributed by atoms with van der Waals surface area (Å²) in [5, 5.41) is 13.1. The van der Waals surface area contributed by atoms with Gasteiger partial charge in [-0.05, 0) is 101 Å². The first-order valence-corrected chi connectivity index (χ1v) is 22.9. The van der Waals surface area contributed by atoms with Gasteiger partial charge in [-0.1, -0.05) is 61.7 Å². The van der Waals surface area contributed by atoms with Gasteiger partial charge in [-0.25, -0.2) is 0 Å². The second kappa shape index (κ2) is 12.0. The van der Waals surface area contributed by atoms with Crippen molar-refractivity contribution >= 4 is 28.2 Å². The van der Waals surface area contributed by atoms with Gasteiger partial charge in [0.15, 0.2) is 16.6 Å². The van der Waals surface area contributed by atoms with Crippen molar-refractivity contribution in [2.75, 3.05) is 6.61 Å². The maximum Gasteiger partial charge on any atom is 0.221 e. The Labute approximate surface area is 261 Å². The van der Waals surface area contributed by atoms with Crippen LogP contribution in [-0.4, -0.2) is 52.3 Å². The standard InChI is InChI=1S/C34H51ClO5Si2/c1-23-24(2)38-34(36,32(40-42(6,7)8)31(23)39-41(3,4)5)29-15-16-30(35)27(20-29)19-25-11-13-26(14-12-25)28-21-33(37-22-28)17-9-10-18-33/h11-16,20,23-24,28,31-32,36H,9-10,17-19,21-22H2,1-8H3/t23-,24-,28?,31+,32-,34?/m1/s1/i2T. The van der Waals surface area contributed by atoms with Crippen molar-refractivity contribution in [1.29, 1.82) is 0 Å². The van der Waals surface area contributed by atoms with E-state index in [0.29, 0.717) is 22.9 Å². The van der Waals surface area contributed by atoms with Gasteiger partial charge in [-0.2, -0.15) is 0 Å². The molecule has 5 rings (SSSR count). The molecule has 8 heteroatoms. The number of hydrogen-bond donors (Lipinski definition) is 1. The molecule has 2 aromatic rings. The zero-order chi connectivity index (χ0) is 31.2. The van der Waals surface area contributed by atoms with Gasteiger partial charge >= 0.3 is 0 Å². The van der Waals surface area contributed by atoms with E-state index in [2.05, 4.69) is 63.5 Å². The van der Waals surface area contributed by atoms with Crippen LogP contribution in [0.2, 0.25) is 44.3 Å². The fraction of sp³-hybridized carbons (Fsp3) is 0.647. The summed E-state index contributed by atoms with van der Waals surface area (Å²) in [4.78, 5) is 0. The summed E-state index contributed by atoms with van der Waals surface area (Å²) in [7, 11) is -4.17. The molecule has 0 radical (unpaired) electrons. The highest BCUT2D eigenvalue weighted by Crippen LogP contribution is 2.47. The maximum atomic E-state index is 12.5. The van der Waals surface area contributed by atoms with Gasteiger partial charge in [0.2, 0.25) is 5.79 Å². The number of hydrogen-bond acceptors (Lipinski definition) is 5. The van der Waals surface area contributed by atoms with Crippen molar-refractivity contribution in [1.82, 2.24) is 0 Å². The minimum absolute atomic E-state index is 0.0225. The second-order valence-corrected chi connectivity index (χ2v) is 24.2. The molecule has 1 saturated carbocycles. The SMILES string of the molecule is [3H]C[C@H]1OC(O)(c2ccc(Cl)c(Cc3ccc(C4COC5(CCCC5)C4)cc3)c2)[C@H](O[Si](C)(C)C)[C@@H](O[Si](C)(C)C)[C@@H]1C. The first-order chi connectivity index (χ1) is 20.1. The van der Waals surface area contributed by atoms with Gasteiger partial charge in [-0.15, -0.1) is 0 Å². The van der Waals surface area contributed by atoms with E-state index in [1.54, 1.807) is 0 Å². The smallest absolute Gasteiger partial charge is 0.221 e. The molecular formula is C34H51ClO5Si2. The first kappa shape index (κ1) is 31.0. The zero-order valence-electron chi connectivity index (χ0n) is 27.5. The van der Waals surface area contributed by atoms with E-state index in [1.165, 1.54) is 31.2 Å². The minimum atomic E-state index is -2.14. The van der Waals surface area contributed by atoms with Crippen LogP contribution in [0.1, 0.15) is 75.5 Å². The minimum Gasteiger partial charge on any atom is -0.412 e. The Balaban J connectivity index is 1.42. The van der Waals surface area contributed by atoms with Gasteiger partial charge < -0.3 is 23.4 Å². The normalized spacial score (nSPS) is 31.9. The zero-order valence-corrected chi connectivity index (χ0v) is 29.3. The summed E-state index contributed by atoms with van der Waals surface area (Å²) in [5.41, 5.74) is 4.11. The Hall–Kier alpha value is -1.04. The number of rotatable bonds is 8. The van der Waals surface area contributed by atoms with Gasteiger partial charge in [-0.3, -0.25) is 0 Å². The quantitative estimate of drug-likeness (QED) is 0.296. The molecule has 2 aliphatic heterocycles. The molecule has 1 aliphatic carbocycles. The van der Waals surface area contributed by atoms with Crippen molar-refractivity contribution < 1.29 is 24.8 Å². The van der Waals surface area contributed by atoms with E-state index in [1.807, 2.05) is 25.1 Å². The maximum absolute atomic E-state index is 12.5. The third kappa shape index (κ3) is 7.10. The molecule has 3 fully saturated rings. The molecule has 0 bridgehead atoms. The Kier molecular flexibility index (Phi) is 8.88. The summed E-state index contributed by atoms with van der Waals surface area (Å²) in [5.74, 6) is -1.42. The molecule has 2 aromatic carbocycles. The highest BCUT2D eigenvalue weighted by atomic mass is 35.5. The van der Waals surface area contributed by atoms with Crippen LogP contribution in [0.25, 0.3) is 0 Å². The highest BCUT2D eigenvalue weighted by molar-refractivity contribution is 6.70. The Morgan fingerprint density at radius 3 is 2.29 bits per heavy atom. The number of aliphatic hydroxyl groups is 1. The Bertz CT molecular complexity index is 1260. The molecule has 1 N–H and O–H groups in total. The summed E-state index contributed by atoms with van der Waals surface area (Å²) in [6, 6.07) is 14.5. The largest absolute Gasteiger partial charge is 0.412 e. The molecule has 0 amide bonds. The fourth-order valence-corrected chi connectivity index (χ4v) is 9.33. The lowest BCUT2D eigenvalue weighted by molar-refractivity contribution is -0.335. The van der Waals surface area contributed by atoms with Crippen molar-refractivity contribution in [2.24, 2.45) is 5.92 Å². The van der Waals surface area contributed by atoms with Crippen LogP contribution >= 0.6 is 11.6 Å². The molecule has 1 spiro atoms. The lowest BCUT2D eigenvalue weighted by Crippen LogP contribution is -2.64. The van der Waals surface area contributed by atoms with Crippen LogP contribution < -0.4 is 0 Å². The van der Waals surface area contributed by atoms with E-state index in [0.717, 1.165) is 24.2 Å². The van der Waals surface area contributed by atoms with Crippen LogP contribution in [0.4, 0.5) is 0 Å². The average Bonchev–Trinajstić information content (AvgIpc) is 3.58. The summed E-state index contributed by atoms with van der Waals surface area (Å²) in [6.45, 7) is 15.7. The molecule has 2 saturated heterocycles. The van der Waals surface area contributed by atoms with Crippen LogP contribution in [0.15, 0.2) is 42.5 Å². The third-order valence-electron chi connectivity index (χ3n) is 9.12. The van der Waals surface area contributed by atoms with Crippen LogP contribution in [0.5, 0.6) is 0 Å². The lowest BCUT2D eigenvalue weighted by Gasteiger charge is -2.52. The fourth-order valence-electron chi connectivity index (χ4n) is 6.94. The van der Waals surface area contributed by atoms with Crippen molar-refractivity contribution in [3.63, 3.8) is 0 Å². The van der Waals surface area contributed by atoms with Crippen molar-refractivity contribution in [3.05, 3.63) is 69.7 Å². The van der Waals surface area contributed by atoms with E-state index in [9.17, 15) is 5.11 Å². The van der Waals surface area contributed by atoms with Gasteiger partial charge in [0.1, 0.15) is 6.10 Å². The first-order valence-electron chi connectivity index (χ1n) is 16.4. The van der Waals surface area contributed by atoms with E-state index < -0.39 is 40.7 Å². The molecule has 232 valence electrons. The average molecular weight is 633 g/mol. The molecular weight excluding hydrogens is 580 g/mol. The summed E-state index contributed by atoms with van der Waals surface area (Å²) < 4.78 is 34.4. The number of benzene rings is 2. The Morgan fingerprint density at radius 1 is 1.00 bits per heavy atom. The van der Waals surface area contributed by atoms with Gasteiger partial charge in [0, 0.05) is 23.8 Å². The molecule has 2 unspecified atom stereocenters. The van der Waals surface area contributed by atoms with Crippen molar-refractivity contribution in [2.45, 2.75) is 127 Å². The predicted molar refractivity (Wildman–Crippen MR) is 175 cm³/mol. The Morgan fingerprint density at radius 2 is 1.67 bits per heavy atom. The van der Waals surface area contributed by atoms with Crippen LogP contribution in [-0.2, 0) is 30.5 Å². The number of ether oxygens (including phenoxy) is 2. The molecule has 5 nitrogen and oxygen atoms in total. The monoisotopic (exact) mass is 632 g/mol. The molecule has 0 aromatic heterocycles. The lowest BCUT2D eigenvalue weighted by atomic mass is 9.83. The number of halogens is 1. The van der Waals surface area contributed by atoms with Gasteiger partial charge in [0.25, 0.3) is 0 Å². The summed E-state index contributed by atoms with van der Waals surface area (Å²) in [6.07, 6.45) is 5.08. The molecule has 42 heavy (non-hydrogen) atoms. The highest BCUT2D eigenvalue weighted by Gasteiger charge is 2.55. The molecule has 6 atom stereocenters. The van der Waals surface area contributed by atoms with Gasteiger partial charge in [0.05, 0.1) is 24.4 Å². The van der Waals surface area contributed by atoms with E-state index >= 15 is 0 Å². The predicted octanol–water partition coefficient (Wildman–Crippen LogP) is 8.39.